The van der Waals surface area contributed by atoms with Gasteiger partial charge >= 0.3 is 6.03 Å². The monoisotopic (exact) mass is 493 g/mol. The van der Waals surface area contributed by atoms with Crippen LogP contribution < -0.4 is 20.9 Å². The zero-order chi connectivity index (χ0) is 25.2. The van der Waals surface area contributed by atoms with Crippen molar-refractivity contribution in [3.05, 3.63) is 53.3 Å². The fourth-order valence-electron chi connectivity index (χ4n) is 5.86. The quantitative estimate of drug-likeness (QED) is 0.475. The zero-order valence-corrected chi connectivity index (χ0v) is 19.6. The van der Waals surface area contributed by atoms with Crippen LogP contribution in [0.15, 0.2) is 40.9 Å². The van der Waals surface area contributed by atoms with Crippen molar-refractivity contribution in [2.75, 3.05) is 16.8 Å². The van der Waals surface area contributed by atoms with Gasteiger partial charge in [0.2, 0.25) is 17.4 Å². The first kappa shape index (κ1) is 22.5. The molecule has 6 rings (SSSR count). The number of barbiturate groups is 1. The van der Waals surface area contributed by atoms with E-state index in [1.54, 1.807) is 17.9 Å². The Kier molecular flexibility index (Phi) is 5.01. The standard InChI is InChI=1S/C25H24FN5O5/c1-12-11-31-18-15(9-25(20(31)13(2)35-12)22(32)28-24(34)29-23(25)33)8-16-19(17(18)26)36-30-21(16)27-10-14-6-4-3-5-7-14/h3-8,12-13,20H,9-11H2,1-2H3,(H,27,30)(H2,28,29,32,33,34)/t12-,13+,20-/m0/s1. The molecule has 4 heterocycles. The van der Waals surface area contributed by atoms with Crippen LogP contribution >= 0.6 is 0 Å². The van der Waals surface area contributed by atoms with E-state index < -0.39 is 41.2 Å². The molecule has 3 N–H and O–H groups in total. The highest BCUT2D eigenvalue weighted by molar-refractivity contribution is 6.20. The first-order valence-electron chi connectivity index (χ1n) is 11.8. The van der Waals surface area contributed by atoms with Crippen LogP contribution in [0.2, 0.25) is 0 Å². The maximum atomic E-state index is 16.1. The van der Waals surface area contributed by atoms with E-state index in [-0.39, 0.29) is 30.3 Å². The molecular weight excluding hydrogens is 469 g/mol. The van der Waals surface area contributed by atoms with Crippen molar-refractivity contribution < 1.29 is 28.0 Å². The Morgan fingerprint density at radius 3 is 2.61 bits per heavy atom. The number of rotatable bonds is 3. The molecule has 3 atom stereocenters. The summed E-state index contributed by atoms with van der Waals surface area (Å²) in [5, 5.41) is 12.1. The molecule has 2 aromatic carbocycles. The maximum absolute atomic E-state index is 16.1. The second-order valence-electron chi connectivity index (χ2n) is 9.58. The first-order valence-corrected chi connectivity index (χ1v) is 11.8. The summed E-state index contributed by atoms with van der Waals surface area (Å²) in [6.07, 6.45) is -1.00. The predicted molar refractivity (Wildman–Crippen MR) is 127 cm³/mol. The van der Waals surface area contributed by atoms with Crippen molar-refractivity contribution in [2.24, 2.45) is 5.41 Å². The van der Waals surface area contributed by atoms with Gasteiger partial charge in [-0.2, -0.15) is 0 Å². The van der Waals surface area contributed by atoms with E-state index in [2.05, 4.69) is 21.1 Å². The van der Waals surface area contributed by atoms with Crippen LogP contribution in [0.5, 0.6) is 0 Å². The number of halogens is 1. The number of nitrogens with zero attached hydrogens (tertiary/aromatic N) is 2. The van der Waals surface area contributed by atoms with Crippen LogP contribution in [0.1, 0.15) is 25.0 Å². The number of anilines is 2. The minimum Gasteiger partial charge on any atom is -0.372 e. The van der Waals surface area contributed by atoms with Crippen molar-refractivity contribution in [2.45, 2.75) is 45.1 Å². The molecule has 2 saturated heterocycles. The Labute approximate surface area is 205 Å². The van der Waals surface area contributed by atoms with Crippen LogP contribution in [0.3, 0.4) is 0 Å². The summed E-state index contributed by atoms with van der Waals surface area (Å²) in [6, 6.07) is 9.64. The summed E-state index contributed by atoms with van der Waals surface area (Å²) in [6.45, 7) is 4.27. The molecule has 11 heteroatoms. The summed E-state index contributed by atoms with van der Waals surface area (Å²) in [7, 11) is 0. The van der Waals surface area contributed by atoms with E-state index in [4.69, 9.17) is 9.26 Å². The number of benzene rings is 2. The molecule has 0 unspecified atom stereocenters. The van der Waals surface area contributed by atoms with Gasteiger partial charge in [-0.3, -0.25) is 20.2 Å². The van der Waals surface area contributed by atoms with Gasteiger partial charge in [0, 0.05) is 19.5 Å². The number of nitrogens with one attached hydrogen (secondary N) is 3. The third-order valence-corrected chi connectivity index (χ3v) is 7.27. The Balaban J connectivity index is 1.49. The minimum absolute atomic E-state index is 0.0152. The zero-order valence-electron chi connectivity index (χ0n) is 19.6. The second-order valence-corrected chi connectivity index (χ2v) is 9.58. The highest BCUT2D eigenvalue weighted by Crippen LogP contribution is 2.49. The molecule has 0 saturated carbocycles. The third-order valence-electron chi connectivity index (χ3n) is 7.27. The number of aromatic nitrogens is 1. The molecule has 0 bridgehead atoms. The van der Waals surface area contributed by atoms with Crippen molar-refractivity contribution in [1.82, 2.24) is 15.8 Å². The number of hydrogen-bond donors (Lipinski definition) is 3. The van der Waals surface area contributed by atoms with Crippen LogP contribution in [0, 0.1) is 11.2 Å². The number of ether oxygens (including phenoxy) is 1. The van der Waals surface area contributed by atoms with E-state index in [9.17, 15) is 14.4 Å². The number of carbonyl (C=O) groups excluding carboxylic acids is 3. The Hall–Kier alpha value is -3.99. The Morgan fingerprint density at radius 1 is 1.17 bits per heavy atom. The third kappa shape index (κ3) is 3.19. The van der Waals surface area contributed by atoms with Gasteiger partial charge in [-0.1, -0.05) is 35.5 Å². The van der Waals surface area contributed by atoms with Crippen LogP contribution in [-0.2, 0) is 27.3 Å². The number of morpholine rings is 1. The first-order chi connectivity index (χ1) is 17.3. The Morgan fingerprint density at radius 2 is 1.89 bits per heavy atom. The van der Waals surface area contributed by atoms with E-state index in [0.717, 1.165) is 5.56 Å². The number of hydrogen-bond acceptors (Lipinski definition) is 8. The van der Waals surface area contributed by atoms with Crippen LogP contribution in [-0.4, -0.2) is 47.8 Å². The predicted octanol–water partition coefficient (Wildman–Crippen LogP) is 2.47. The van der Waals surface area contributed by atoms with Gasteiger partial charge in [-0.15, -0.1) is 0 Å². The van der Waals surface area contributed by atoms with E-state index in [1.165, 1.54) is 0 Å². The lowest BCUT2D eigenvalue weighted by molar-refractivity contribution is -0.153. The van der Waals surface area contributed by atoms with Crippen molar-refractivity contribution >= 4 is 40.3 Å². The van der Waals surface area contributed by atoms with Gasteiger partial charge < -0.3 is 19.5 Å². The average molecular weight is 493 g/mol. The molecule has 1 aromatic heterocycles. The normalized spacial score (nSPS) is 24.8. The summed E-state index contributed by atoms with van der Waals surface area (Å²) in [4.78, 5) is 40.2. The summed E-state index contributed by atoms with van der Waals surface area (Å²) >= 11 is 0. The van der Waals surface area contributed by atoms with Crippen LogP contribution in [0.4, 0.5) is 20.7 Å². The molecule has 3 aliphatic rings. The van der Waals surface area contributed by atoms with Gasteiger partial charge in [0.05, 0.1) is 29.3 Å². The SMILES string of the molecule is C[C@H]1CN2c3c(cc4c(NCc5ccccc5)noc4c3F)CC3(C(=O)NC(=O)NC3=O)[C@@H]2[C@@H](C)O1. The molecule has 0 aliphatic carbocycles. The topological polar surface area (TPSA) is 126 Å². The lowest BCUT2D eigenvalue weighted by Gasteiger charge is -2.55. The molecule has 3 aliphatic heterocycles. The van der Waals surface area contributed by atoms with Crippen molar-refractivity contribution in [3.8, 4) is 0 Å². The molecule has 10 nitrogen and oxygen atoms in total. The molecule has 3 aromatic rings. The van der Waals surface area contributed by atoms with Gasteiger partial charge in [0.15, 0.2) is 17.1 Å². The lowest BCUT2D eigenvalue weighted by atomic mass is 9.66. The highest BCUT2D eigenvalue weighted by Gasteiger charge is 2.63. The van der Waals surface area contributed by atoms with Crippen LogP contribution in [0.25, 0.3) is 11.0 Å². The fourth-order valence-corrected chi connectivity index (χ4v) is 5.86. The largest absolute Gasteiger partial charge is 0.372 e. The highest BCUT2D eigenvalue weighted by atomic mass is 19.1. The molecule has 2 fully saturated rings. The number of imide groups is 2. The molecule has 4 amide bonds. The molecule has 0 radical (unpaired) electrons. The molecular formula is C25H24FN5O5. The number of urea groups is 1. The summed E-state index contributed by atoms with van der Waals surface area (Å²) in [5.74, 6) is -1.72. The number of amides is 4. The molecule has 1 spiro atoms. The number of carbonyl (C=O) groups is 3. The number of fused-ring (bicyclic) bond motifs is 5. The van der Waals surface area contributed by atoms with E-state index in [0.29, 0.717) is 23.3 Å². The van der Waals surface area contributed by atoms with Gasteiger partial charge in [-0.25, -0.2) is 9.18 Å². The maximum Gasteiger partial charge on any atom is 0.328 e. The average Bonchev–Trinajstić information content (AvgIpc) is 3.24. The van der Waals surface area contributed by atoms with Gasteiger partial charge in [-0.05, 0) is 31.0 Å². The van der Waals surface area contributed by atoms with Gasteiger partial charge in [0.25, 0.3) is 0 Å². The lowest BCUT2D eigenvalue weighted by Crippen LogP contribution is -2.75. The van der Waals surface area contributed by atoms with E-state index in [1.807, 2.05) is 37.3 Å². The summed E-state index contributed by atoms with van der Waals surface area (Å²) < 4.78 is 27.4. The summed E-state index contributed by atoms with van der Waals surface area (Å²) in [5.41, 5.74) is 0.00510. The van der Waals surface area contributed by atoms with Crippen molar-refractivity contribution in [1.29, 1.82) is 0 Å². The van der Waals surface area contributed by atoms with Crippen molar-refractivity contribution in [3.63, 3.8) is 0 Å². The van der Waals surface area contributed by atoms with Gasteiger partial charge in [0.1, 0.15) is 0 Å². The molecule has 36 heavy (non-hydrogen) atoms. The fraction of sp³-hybridized carbons (Fsp3) is 0.360. The second kappa shape index (κ2) is 8.02. The molecule has 186 valence electrons. The van der Waals surface area contributed by atoms with E-state index >= 15 is 4.39 Å². The smallest absolute Gasteiger partial charge is 0.328 e. The minimum atomic E-state index is -1.69. The Bertz CT molecular complexity index is 1390.